The Morgan fingerprint density at radius 1 is 0.917 bits per heavy atom. The first-order chi connectivity index (χ1) is 23.4. The lowest BCUT2D eigenvalue weighted by Crippen LogP contribution is -2.09. The fraction of sp³-hybridized carbons (Fsp3) is 0.179. The molecular formula is C39H35N3O6. The summed E-state index contributed by atoms with van der Waals surface area (Å²) in [5.74, 6) is 1.47. The van der Waals surface area contributed by atoms with Gasteiger partial charge < -0.3 is 19.0 Å². The summed E-state index contributed by atoms with van der Waals surface area (Å²) < 4.78 is 19.8. The first-order valence-corrected chi connectivity index (χ1v) is 15.8. The largest absolute Gasteiger partial charge is 0.507 e. The minimum atomic E-state index is -0.250. The van der Waals surface area contributed by atoms with Gasteiger partial charge in [-0.3, -0.25) is 9.59 Å². The highest BCUT2D eigenvalue weighted by molar-refractivity contribution is 6.08. The summed E-state index contributed by atoms with van der Waals surface area (Å²) in [7, 11) is 0. The lowest BCUT2D eigenvalue weighted by atomic mass is 10.1. The van der Waals surface area contributed by atoms with Crippen LogP contribution in [0.4, 0.5) is 0 Å². The van der Waals surface area contributed by atoms with Crippen LogP contribution in [0.15, 0.2) is 119 Å². The van der Waals surface area contributed by atoms with Crippen molar-refractivity contribution < 1.29 is 23.8 Å². The van der Waals surface area contributed by atoms with Gasteiger partial charge in [0.25, 0.3) is 0 Å². The predicted octanol–water partition coefficient (Wildman–Crippen LogP) is 7.44. The Hall–Kier alpha value is -5.96. The molecule has 1 N–H and O–H groups in total. The number of aromatic hydroxyl groups is 1. The molecule has 0 saturated heterocycles. The van der Waals surface area contributed by atoms with Crippen molar-refractivity contribution in [3.8, 4) is 28.6 Å². The molecule has 48 heavy (non-hydrogen) atoms. The molecule has 4 aromatic carbocycles. The van der Waals surface area contributed by atoms with Crippen LogP contribution in [0, 0.1) is 6.92 Å². The smallest absolute Gasteiger partial charge is 0.193 e. The number of carbonyl (C=O) groups is 1. The zero-order valence-electron chi connectivity index (χ0n) is 26.5. The van der Waals surface area contributed by atoms with Crippen molar-refractivity contribution in [1.29, 1.82) is 0 Å². The van der Waals surface area contributed by atoms with Crippen LogP contribution in [0.3, 0.4) is 0 Å². The van der Waals surface area contributed by atoms with Gasteiger partial charge >= 0.3 is 0 Å². The molecule has 242 valence electrons. The van der Waals surface area contributed by atoms with Crippen molar-refractivity contribution in [2.45, 2.75) is 32.7 Å². The number of ketones is 1. The maximum absolute atomic E-state index is 12.8. The maximum Gasteiger partial charge on any atom is 0.193 e. The van der Waals surface area contributed by atoms with Crippen molar-refractivity contribution in [3.63, 3.8) is 0 Å². The number of carbonyl (C=O) groups excluding carboxylic acids is 1. The van der Waals surface area contributed by atoms with Gasteiger partial charge in [-0.2, -0.15) is 0 Å². The third-order valence-electron chi connectivity index (χ3n) is 7.76. The number of nitrogens with zero attached hydrogens (tertiary/aromatic N) is 3. The Kier molecular flexibility index (Phi) is 10.1. The van der Waals surface area contributed by atoms with Crippen molar-refractivity contribution in [2.75, 3.05) is 13.2 Å². The molecular weight excluding hydrogens is 606 g/mol. The number of ether oxygens (including phenoxy) is 2. The molecule has 0 fully saturated rings. The summed E-state index contributed by atoms with van der Waals surface area (Å²) >= 11 is 0. The summed E-state index contributed by atoms with van der Waals surface area (Å²) in [6.45, 7) is 3.26. The number of unbranched alkanes of at least 4 members (excludes halogenated alkanes) is 1. The second kappa shape index (κ2) is 15.1. The average Bonchev–Trinajstić information content (AvgIpc) is 3.56. The summed E-state index contributed by atoms with van der Waals surface area (Å²) in [5, 5.41) is 18.9. The molecule has 0 saturated carbocycles. The quantitative estimate of drug-likeness (QED) is 0.0741. The van der Waals surface area contributed by atoms with E-state index in [1.165, 1.54) is 18.2 Å². The van der Waals surface area contributed by atoms with E-state index in [9.17, 15) is 14.7 Å². The number of benzene rings is 4. The predicted molar refractivity (Wildman–Crippen MR) is 185 cm³/mol. The zero-order valence-corrected chi connectivity index (χ0v) is 26.5. The van der Waals surface area contributed by atoms with Crippen LogP contribution in [-0.2, 0) is 13.0 Å². The Morgan fingerprint density at radius 3 is 2.58 bits per heavy atom. The van der Waals surface area contributed by atoms with Crippen molar-refractivity contribution in [3.05, 3.63) is 142 Å². The molecule has 0 bridgehead atoms. The van der Waals surface area contributed by atoms with E-state index in [1.54, 1.807) is 41.1 Å². The number of para-hydroxylation sites is 1. The minimum absolute atomic E-state index is 0.0255. The average molecular weight is 642 g/mol. The van der Waals surface area contributed by atoms with E-state index in [4.69, 9.17) is 13.9 Å². The van der Waals surface area contributed by atoms with E-state index in [2.05, 4.69) is 10.3 Å². The number of aromatic nitrogens is 3. The van der Waals surface area contributed by atoms with Gasteiger partial charge in [0.15, 0.2) is 22.5 Å². The third-order valence-corrected chi connectivity index (χ3v) is 7.76. The van der Waals surface area contributed by atoms with Crippen LogP contribution < -0.4 is 14.9 Å². The molecule has 0 unspecified atom stereocenters. The van der Waals surface area contributed by atoms with Gasteiger partial charge in [0.2, 0.25) is 0 Å². The van der Waals surface area contributed by atoms with Crippen molar-refractivity contribution >= 4 is 22.8 Å². The first-order valence-electron chi connectivity index (χ1n) is 15.8. The van der Waals surface area contributed by atoms with E-state index in [0.29, 0.717) is 42.2 Å². The molecule has 9 nitrogen and oxygen atoms in total. The lowest BCUT2D eigenvalue weighted by Gasteiger charge is -2.09. The number of phenolic OH excluding ortho intramolecular Hbond substituents is 1. The van der Waals surface area contributed by atoms with Crippen LogP contribution in [0.25, 0.3) is 28.4 Å². The molecule has 0 radical (unpaired) electrons. The molecule has 2 heterocycles. The molecule has 0 aliphatic rings. The maximum atomic E-state index is 12.8. The summed E-state index contributed by atoms with van der Waals surface area (Å²) in [6.07, 6.45) is 7.61. The van der Waals surface area contributed by atoms with E-state index >= 15 is 0 Å². The summed E-state index contributed by atoms with van der Waals surface area (Å²) in [5.41, 5.74) is 4.07. The second-order valence-corrected chi connectivity index (χ2v) is 11.4. The fourth-order valence-corrected chi connectivity index (χ4v) is 5.20. The number of aryl methyl sites for hydroxylation is 2. The number of allylic oxidation sites excluding steroid dienone is 1. The number of hydrogen-bond acceptors (Lipinski definition) is 8. The number of fused-ring (bicyclic) bond motifs is 1. The lowest BCUT2D eigenvalue weighted by molar-refractivity contribution is 0.104. The standard InChI is InChI=1S/C39H35N3O6/c1-27-13-19-34(43)33(24-27)35(44)20-16-28-14-17-31(18-15-28)46-22-6-5-10-30-26-42(41-40-30)21-23-47-37-12-7-11-32-36(45)25-38(48-39(32)37)29-8-3-2-4-9-29/h2-4,7-9,11-20,24-26,43H,5-6,10,21-23H2,1H3/b20-16+. The Balaban J connectivity index is 0.930. The third kappa shape index (κ3) is 8.06. The van der Waals surface area contributed by atoms with E-state index in [1.807, 2.05) is 67.7 Å². The topological polar surface area (TPSA) is 117 Å². The minimum Gasteiger partial charge on any atom is -0.507 e. The molecule has 0 aliphatic heterocycles. The van der Waals surface area contributed by atoms with Crippen molar-refractivity contribution in [2.24, 2.45) is 0 Å². The highest BCUT2D eigenvalue weighted by Gasteiger charge is 2.12. The highest BCUT2D eigenvalue weighted by atomic mass is 16.5. The molecule has 6 rings (SSSR count). The van der Waals surface area contributed by atoms with E-state index in [-0.39, 0.29) is 22.5 Å². The fourth-order valence-electron chi connectivity index (χ4n) is 5.20. The van der Waals surface area contributed by atoms with Gasteiger partial charge in [-0.15, -0.1) is 5.10 Å². The first kappa shape index (κ1) is 32.0. The van der Waals surface area contributed by atoms with Crippen LogP contribution in [0.2, 0.25) is 0 Å². The Morgan fingerprint density at radius 2 is 1.75 bits per heavy atom. The van der Waals surface area contributed by atoms with Crippen molar-refractivity contribution in [1.82, 2.24) is 15.0 Å². The van der Waals surface area contributed by atoms with Gasteiger partial charge in [-0.25, -0.2) is 4.68 Å². The molecule has 0 spiro atoms. The molecule has 0 aliphatic carbocycles. The van der Waals surface area contributed by atoms with Crippen LogP contribution >= 0.6 is 0 Å². The van der Waals surface area contributed by atoms with Crippen LogP contribution in [0.1, 0.15) is 40.0 Å². The zero-order chi connectivity index (χ0) is 33.3. The molecule has 9 heteroatoms. The molecule has 2 aromatic heterocycles. The molecule has 0 amide bonds. The SMILES string of the molecule is Cc1ccc(O)c(C(=O)/C=C/c2ccc(OCCCCc3cn(CCOc4cccc5c(=O)cc(-c6ccccc6)oc45)nn3)cc2)c1. The molecule has 0 atom stereocenters. The summed E-state index contributed by atoms with van der Waals surface area (Å²) in [4.78, 5) is 25.2. The van der Waals surface area contributed by atoms with Gasteiger partial charge in [0.05, 0.1) is 29.8 Å². The second-order valence-electron chi connectivity index (χ2n) is 11.4. The Labute approximate surface area is 277 Å². The van der Waals surface area contributed by atoms with Crippen LogP contribution in [-0.4, -0.2) is 39.1 Å². The monoisotopic (exact) mass is 641 g/mol. The van der Waals surface area contributed by atoms with E-state index < -0.39 is 0 Å². The molecule has 6 aromatic rings. The van der Waals surface area contributed by atoms with Gasteiger partial charge in [0, 0.05) is 17.8 Å². The normalized spacial score (nSPS) is 11.3. The number of phenols is 1. The van der Waals surface area contributed by atoms with Crippen LogP contribution in [0.5, 0.6) is 17.2 Å². The number of hydrogen-bond donors (Lipinski definition) is 1. The summed E-state index contributed by atoms with van der Waals surface area (Å²) in [6, 6.07) is 28.8. The highest BCUT2D eigenvalue weighted by Crippen LogP contribution is 2.28. The Bertz CT molecular complexity index is 2100. The van der Waals surface area contributed by atoms with Gasteiger partial charge in [-0.05, 0) is 74.2 Å². The number of rotatable bonds is 14. The van der Waals surface area contributed by atoms with Gasteiger partial charge in [-0.1, -0.05) is 71.5 Å². The van der Waals surface area contributed by atoms with E-state index in [0.717, 1.165) is 47.4 Å². The van der Waals surface area contributed by atoms with Gasteiger partial charge in [0.1, 0.15) is 23.9 Å².